The zero-order valence-electron chi connectivity index (χ0n) is 12.1. The van der Waals surface area contributed by atoms with Crippen LogP contribution in [0, 0.1) is 6.92 Å². The lowest BCUT2D eigenvalue weighted by Crippen LogP contribution is -2.35. The Morgan fingerprint density at radius 2 is 2.10 bits per heavy atom. The summed E-state index contributed by atoms with van der Waals surface area (Å²) in [5, 5.41) is 4.03. The van der Waals surface area contributed by atoms with E-state index < -0.39 is 10.0 Å². The van der Waals surface area contributed by atoms with Gasteiger partial charge >= 0.3 is 0 Å². The minimum absolute atomic E-state index is 0.317. The van der Waals surface area contributed by atoms with Gasteiger partial charge in [0.1, 0.15) is 4.90 Å². The smallest absolute Gasteiger partial charge is 0.246 e. The third-order valence-electron chi connectivity index (χ3n) is 3.74. The Morgan fingerprint density at radius 1 is 1.35 bits per heavy atom. The van der Waals surface area contributed by atoms with Crippen molar-refractivity contribution in [2.45, 2.75) is 18.2 Å². The van der Waals surface area contributed by atoms with Crippen molar-refractivity contribution >= 4 is 10.0 Å². The molecule has 1 aromatic rings. The topological polar surface area (TPSA) is 58.4 Å². The van der Waals surface area contributed by atoms with Crippen molar-refractivity contribution in [1.82, 2.24) is 19.0 Å². The molecule has 0 bridgehead atoms. The predicted octanol–water partition coefficient (Wildman–Crippen LogP) is 0.611. The molecular weight excluding hydrogens is 276 g/mol. The van der Waals surface area contributed by atoms with Crippen LogP contribution in [0.25, 0.3) is 0 Å². The summed E-state index contributed by atoms with van der Waals surface area (Å²) in [6.07, 6.45) is 4.14. The number of hydrogen-bond acceptors (Lipinski definition) is 4. The van der Waals surface area contributed by atoms with E-state index in [2.05, 4.69) is 16.6 Å². The highest BCUT2D eigenvalue weighted by molar-refractivity contribution is 7.89. The quantitative estimate of drug-likeness (QED) is 0.764. The average Bonchev–Trinajstić information content (AvgIpc) is 2.63. The number of hydrogen-bond donors (Lipinski definition) is 0. The van der Waals surface area contributed by atoms with E-state index in [1.54, 1.807) is 23.0 Å². The maximum absolute atomic E-state index is 12.7. The number of sulfonamides is 1. The number of aromatic nitrogens is 2. The fourth-order valence-electron chi connectivity index (χ4n) is 2.42. The molecule has 0 spiro atoms. The van der Waals surface area contributed by atoms with E-state index in [0.29, 0.717) is 23.7 Å². The molecule has 20 heavy (non-hydrogen) atoms. The van der Waals surface area contributed by atoms with Gasteiger partial charge in [0.25, 0.3) is 0 Å². The normalized spacial score (nSPS) is 18.9. The van der Waals surface area contributed by atoms with Crippen LogP contribution >= 0.6 is 0 Å². The second kappa shape index (κ2) is 6.07. The van der Waals surface area contributed by atoms with Crippen molar-refractivity contribution < 1.29 is 8.42 Å². The Labute approximate surface area is 120 Å². The van der Waals surface area contributed by atoms with Crippen molar-refractivity contribution in [3.8, 4) is 0 Å². The summed E-state index contributed by atoms with van der Waals surface area (Å²) in [6.45, 7) is 9.04. The lowest BCUT2D eigenvalue weighted by Gasteiger charge is -2.20. The fraction of sp³-hybridized carbons (Fsp3) is 0.615. The van der Waals surface area contributed by atoms with Crippen LogP contribution in [-0.4, -0.2) is 60.1 Å². The average molecular weight is 298 g/mol. The maximum Gasteiger partial charge on any atom is 0.246 e. The van der Waals surface area contributed by atoms with Crippen LogP contribution in [0.4, 0.5) is 0 Å². The van der Waals surface area contributed by atoms with Crippen molar-refractivity contribution in [3.05, 3.63) is 24.5 Å². The molecular formula is C13H22N4O2S. The third-order valence-corrected chi connectivity index (χ3v) is 5.74. The second-order valence-corrected chi connectivity index (χ2v) is 6.97. The lowest BCUT2D eigenvalue weighted by atomic mass is 10.4. The van der Waals surface area contributed by atoms with Gasteiger partial charge in [-0.1, -0.05) is 6.08 Å². The van der Waals surface area contributed by atoms with Crippen molar-refractivity contribution in [3.63, 3.8) is 0 Å². The van der Waals surface area contributed by atoms with Crippen LogP contribution in [0.15, 0.2) is 23.7 Å². The lowest BCUT2D eigenvalue weighted by molar-refractivity contribution is 0.316. The summed E-state index contributed by atoms with van der Waals surface area (Å²) in [6, 6.07) is 0. The zero-order valence-corrected chi connectivity index (χ0v) is 12.9. The minimum Gasteiger partial charge on any atom is -0.298 e. The highest BCUT2D eigenvalue weighted by Crippen LogP contribution is 2.20. The summed E-state index contributed by atoms with van der Waals surface area (Å²) in [4.78, 5) is 2.54. The van der Waals surface area contributed by atoms with Crippen LogP contribution in [0.3, 0.4) is 0 Å². The van der Waals surface area contributed by atoms with Crippen molar-refractivity contribution in [2.24, 2.45) is 7.05 Å². The molecule has 7 heteroatoms. The third kappa shape index (κ3) is 2.94. The van der Waals surface area contributed by atoms with E-state index >= 15 is 0 Å². The number of aryl methyl sites for hydroxylation is 1. The summed E-state index contributed by atoms with van der Waals surface area (Å²) < 4.78 is 28.5. The van der Waals surface area contributed by atoms with Crippen LogP contribution in [-0.2, 0) is 17.1 Å². The molecule has 112 valence electrons. The molecule has 0 aromatic carbocycles. The molecule has 2 heterocycles. The molecule has 2 rings (SSSR count). The largest absolute Gasteiger partial charge is 0.298 e. The van der Waals surface area contributed by atoms with Gasteiger partial charge in [-0.25, -0.2) is 8.42 Å². The van der Waals surface area contributed by atoms with Gasteiger partial charge in [0.15, 0.2) is 0 Å². The molecule has 6 nitrogen and oxygen atoms in total. The summed E-state index contributed by atoms with van der Waals surface area (Å²) in [7, 11) is -1.68. The number of nitrogens with zero attached hydrogens (tertiary/aromatic N) is 4. The minimum atomic E-state index is -3.44. The number of rotatable bonds is 4. The van der Waals surface area contributed by atoms with Crippen molar-refractivity contribution in [2.75, 3.05) is 32.7 Å². The maximum atomic E-state index is 12.7. The SMILES string of the molecule is C=CCN1CCCN(S(=O)(=O)c2cnn(C)c2C)CC1. The molecule has 0 saturated carbocycles. The zero-order chi connectivity index (χ0) is 14.8. The Balaban J connectivity index is 2.18. The fourth-order valence-corrected chi connectivity index (χ4v) is 4.08. The van der Waals surface area contributed by atoms with E-state index in [0.717, 1.165) is 26.1 Å². The summed E-state index contributed by atoms with van der Waals surface area (Å²) in [5.41, 5.74) is 0.678. The molecule has 1 aliphatic heterocycles. The molecule has 0 aliphatic carbocycles. The molecule has 0 unspecified atom stereocenters. The van der Waals surface area contributed by atoms with E-state index in [-0.39, 0.29) is 0 Å². The van der Waals surface area contributed by atoms with E-state index in [1.807, 2.05) is 6.08 Å². The molecule has 1 aromatic heterocycles. The second-order valence-electron chi connectivity index (χ2n) is 5.06. The standard InChI is InChI=1S/C13H22N4O2S/c1-4-6-16-7-5-8-17(10-9-16)20(18,19)13-11-14-15(3)12(13)2/h4,11H,1,5-10H2,2-3H3. The summed E-state index contributed by atoms with van der Waals surface area (Å²) >= 11 is 0. The van der Waals surface area contributed by atoms with Crippen LogP contribution < -0.4 is 0 Å². The van der Waals surface area contributed by atoms with E-state index in [1.165, 1.54) is 6.20 Å². The molecule has 1 aliphatic rings. The molecule has 1 fully saturated rings. The van der Waals surface area contributed by atoms with Gasteiger partial charge in [0, 0.05) is 33.2 Å². The predicted molar refractivity (Wildman–Crippen MR) is 78.0 cm³/mol. The van der Waals surface area contributed by atoms with E-state index in [9.17, 15) is 8.42 Å². The first-order chi connectivity index (χ1) is 9.46. The molecule has 0 amide bonds. The van der Waals surface area contributed by atoms with Gasteiger partial charge in [-0.05, 0) is 19.9 Å². The molecule has 0 N–H and O–H groups in total. The van der Waals surface area contributed by atoms with Crippen LogP contribution in [0.5, 0.6) is 0 Å². The van der Waals surface area contributed by atoms with Gasteiger partial charge in [-0.2, -0.15) is 9.40 Å². The first-order valence-electron chi connectivity index (χ1n) is 6.79. The summed E-state index contributed by atoms with van der Waals surface area (Å²) in [5.74, 6) is 0. The molecule has 1 saturated heterocycles. The Kier molecular flexibility index (Phi) is 4.62. The molecule has 0 atom stereocenters. The first-order valence-corrected chi connectivity index (χ1v) is 8.23. The Hall–Kier alpha value is -1.18. The van der Waals surface area contributed by atoms with E-state index in [4.69, 9.17) is 0 Å². The van der Waals surface area contributed by atoms with Gasteiger partial charge in [-0.15, -0.1) is 6.58 Å². The van der Waals surface area contributed by atoms with Crippen molar-refractivity contribution in [1.29, 1.82) is 0 Å². The highest BCUT2D eigenvalue weighted by Gasteiger charge is 2.29. The highest BCUT2D eigenvalue weighted by atomic mass is 32.2. The van der Waals surface area contributed by atoms with Gasteiger partial charge < -0.3 is 0 Å². The van der Waals surface area contributed by atoms with Gasteiger partial charge in [-0.3, -0.25) is 9.58 Å². The Bertz CT molecular complexity index is 579. The van der Waals surface area contributed by atoms with Crippen LogP contribution in [0.1, 0.15) is 12.1 Å². The molecule has 0 radical (unpaired) electrons. The first kappa shape index (κ1) is 15.2. The monoisotopic (exact) mass is 298 g/mol. The Morgan fingerprint density at radius 3 is 2.70 bits per heavy atom. The van der Waals surface area contributed by atoms with Crippen LogP contribution in [0.2, 0.25) is 0 Å². The van der Waals surface area contributed by atoms with Gasteiger partial charge in [0.2, 0.25) is 10.0 Å². The van der Waals surface area contributed by atoms with Gasteiger partial charge in [0.05, 0.1) is 11.9 Å².